The highest BCUT2D eigenvalue weighted by Gasteiger charge is 2.36. The Kier molecular flexibility index (Phi) is 2.22. The van der Waals surface area contributed by atoms with E-state index in [-0.39, 0.29) is 0 Å². The maximum atomic E-state index is 3.64. The Morgan fingerprint density at radius 3 is 2.92 bits per heavy atom. The Hall–Kier alpha value is -0.300. The van der Waals surface area contributed by atoms with Crippen molar-refractivity contribution >= 4 is 0 Å². The van der Waals surface area contributed by atoms with Crippen LogP contribution >= 0.6 is 0 Å². The van der Waals surface area contributed by atoms with Crippen LogP contribution < -0.4 is 5.32 Å². The van der Waals surface area contributed by atoms with E-state index in [1.807, 2.05) is 0 Å². The van der Waals surface area contributed by atoms with Gasteiger partial charge in [0.15, 0.2) is 0 Å². The van der Waals surface area contributed by atoms with E-state index < -0.39 is 0 Å². The fraction of sp³-hybridized carbons (Fsp3) is 0.818. The van der Waals surface area contributed by atoms with Crippen molar-refractivity contribution in [3.63, 3.8) is 0 Å². The summed E-state index contributed by atoms with van der Waals surface area (Å²) >= 11 is 0. The van der Waals surface area contributed by atoms with Gasteiger partial charge in [-0.2, -0.15) is 0 Å². The van der Waals surface area contributed by atoms with Crippen molar-refractivity contribution in [2.24, 2.45) is 5.41 Å². The molecule has 0 aromatic heterocycles. The molecule has 1 unspecified atom stereocenters. The maximum absolute atomic E-state index is 3.64. The summed E-state index contributed by atoms with van der Waals surface area (Å²) < 4.78 is 0. The van der Waals surface area contributed by atoms with Gasteiger partial charge >= 0.3 is 0 Å². The highest BCUT2D eigenvalue weighted by atomic mass is 14.9. The predicted octanol–water partition coefficient (Wildman–Crippen LogP) is 2.48. The lowest BCUT2D eigenvalue weighted by atomic mass is 10.0. The van der Waals surface area contributed by atoms with E-state index in [0.717, 1.165) is 0 Å². The van der Waals surface area contributed by atoms with Crippen LogP contribution in [0.25, 0.3) is 0 Å². The normalized spacial score (nSPS) is 31.9. The molecule has 0 aromatic carbocycles. The molecule has 0 saturated heterocycles. The van der Waals surface area contributed by atoms with Gasteiger partial charge in [-0.1, -0.05) is 19.1 Å². The van der Waals surface area contributed by atoms with E-state index in [1.54, 1.807) is 0 Å². The zero-order chi connectivity index (χ0) is 8.44. The van der Waals surface area contributed by atoms with Gasteiger partial charge in [-0.3, -0.25) is 0 Å². The molecule has 0 amide bonds. The second kappa shape index (κ2) is 3.21. The Bertz CT molecular complexity index is 179. The van der Waals surface area contributed by atoms with Crippen molar-refractivity contribution in [2.75, 3.05) is 6.54 Å². The molecular weight excluding hydrogens is 146 g/mol. The molecule has 1 saturated carbocycles. The Morgan fingerprint density at radius 2 is 2.33 bits per heavy atom. The molecule has 0 heterocycles. The topological polar surface area (TPSA) is 12.0 Å². The first-order chi connectivity index (χ1) is 5.79. The number of nitrogens with one attached hydrogen (secondary N) is 1. The molecule has 1 nitrogen and oxygen atoms in total. The minimum atomic E-state index is 0.658. The average molecular weight is 165 g/mol. The minimum Gasteiger partial charge on any atom is -0.310 e. The number of allylic oxidation sites excluding steroid dienone is 1. The molecular formula is C11H19N. The fourth-order valence-electron chi connectivity index (χ4n) is 1.75. The lowest BCUT2D eigenvalue weighted by Gasteiger charge is -2.20. The lowest BCUT2D eigenvalue weighted by Crippen LogP contribution is -2.32. The summed E-state index contributed by atoms with van der Waals surface area (Å²) in [4.78, 5) is 0. The van der Waals surface area contributed by atoms with Crippen LogP contribution in [0.5, 0.6) is 0 Å². The van der Waals surface area contributed by atoms with E-state index in [2.05, 4.69) is 24.4 Å². The summed E-state index contributed by atoms with van der Waals surface area (Å²) in [7, 11) is 0. The van der Waals surface area contributed by atoms with E-state index in [1.165, 1.54) is 38.6 Å². The molecule has 12 heavy (non-hydrogen) atoms. The highest BCUT2D eigenvalue weighted by molar-refractivity contribution is 4.99. The summed E-state index contributed by atoms with van der Waals surface area (Å²) in [6, 6.07) is 0.677. The van der Waals surface area contributed by atoms with Gasteiger partial charge in [0.1, 0.15) is 0 Å². The van der Waals surface area contributed by atoms with Crippen LogP contribution in [0.15, 0.2) is 12.2 Å². The van der Waals surface area contributed by atoms with Crippen LogP contribution in [-0.4, -0.2) is 12.6 Å². The first-order valence-electron chi connectivity index (χ1n) is 5.19. The van der Waals surface area contributed by atoms with E-state index in [0.29, 0.717) is 11.5 Å². The minimum absolute atomic E-state index is 0.658. The third-order valence-corrected chi connectivity index (χ3v) is 3.15. The second-order valence-corrected chi connectivity index (χ2v) is 4.66. The zero-order valence-electron chi connectivity index (χ0n) is 7.97. The quantitative estimate of drug-likeness (QED) is 0.633. The number of hydrogen-bond acceptors (Lipinski definition) is 1. The summed E-state index contributed by atoms with van der Waals surface area (Å²) in [5.41, 5.74) is 0.658. The van der Waals surface area contributed by atoms with E-state index in [9.17, 15) is 0 Å². The maximum Gasteiger partial charge on any atom is 0.0250 e. The molecule has 0 radical (unpaired) electrons. The van der Waals surface area contributed by atoms with Gasteiger partial charge in [-0.25, -0.2) is 0 Å². The van der Waals surface area contributed by atoms with E-state index in [4.69, 9.17) is 0 Å². The molecule has 68 valence electrons. The largest absolute Gasteiger partial charge is 0.310 e. The molecule has 0 aromatic rings. The third kappa shape index (κ3) is 2.10. The Labute approximate surface area is 75.2 Å². The number of hydrogen-bond donors (Lipinski definition) is 1. The van der Waals surface area contributed by atoms with Crippen LogP contribution in [0.3, 0.4) is 0 Å². The molecule has 1 heteroatoms. The zero-order valence-corrected chi connectivity index (χ0v) is 7.97. The first-order valence-corrected chi connectivity index (χ1v) is 5.19. The van der Waals surface area contributed by atoms with Crippen LogP contribution in [0.4, 0.5) is 0 Å². The van der Waals surface area contributed by atoms with Crippen LogP contribution in [0, 0.1) is 5.41 Å². The molecule has 2 aliphatic rings. The van der Waals surface area contributed by atoms with Crippen LogP contribution in [0.2, 0.25) is 0 Å². The van der Waals surface area contributed by atoms with Crippen molar-refractivity contribution in [3.8, 4) is 0 Å². The average Bonchev–Trinajstić information content (AvgIpc) is 2.84. The van der Waals surface area contributed by atoms with Crippen molar-refractivity contribution in [2.45, 2.75) is 45.1 Å². The Balaban J connectivity index is 1.71. The molecule has 1 fully saturated rings. The lowest BCUT2D eigenvalue weighted by molar-refractivity contribution is 0.443. The van der Waals surface area contributed by atoms with Gasteiger partial charge in [0.25, 0.3) is 0 Å². The van der Waals surface area contributed by atoms with Crippen molar-refractivity contribution in [3.05, 3.63) is 12.2 Å². The van der Waals surface area contributed by atoms with E-state index >= 15 is 0 Å². The monoisotopic (exact) mass is 165 g/mol. The van der Waals surface area contributed by atoms with Crippen molar-refractivity contribution in [1.82, 2.24) is 5.32 Å². The molecule has 0 aliphatic heterocycles. The van der Waals surface area contributed by atoms with Crippen molar-refractivity contribution in [1.29, 1.82) is 0 Å². The SMILES string of the molecule is CC1(CNC2C=CCCC2)CC1. The van der Waals surface area contributed by atoms with Gasteiger partial charge in [0, 0.05) is 12.6 Å². The third-order valence-electron chi connectivity index (χ3n) is 3.15. The molecule has 1 atom stereocenters. The summed E-state index contributed by atoms with van der Waals surface area (Å²) in [5.74, 6) is 0. The highest BCUT2D eigenvalue weighted by Crippen LogP contribution is 2.44. The molecule has 0 spiro atoms. The van der Waals surface area contributed by atoms with Crippen molar-refractivity contribution < 1.29 is 0 Å². The van der Waals surface area contributed by atoms with Gasteiger partial charge in [0.05, 0.1) is 0 Å². The van der Waals surface area contributed by atoms with Gasteiger partial charge in [-0.15, -0.1) is 0 Å². The summed E-state index contributed by atoms with van der Waals surface area (Å²) in [6.07, 6.45) is 11.5. The van der Waals surface area contributed by atoms with Gasteiger partial charge < -0.3 is 5.32 Å². The van der Waals surface area contributed by atoms with Gasteiger partial charge in [0.2, 0.25) is 0 Å². The molecule has 2 aliphatic carbocycles. The summed E-state index contributed by atoms with van der Waals surface area (Å²) in [5, 5.41) is 3.64. The number of rotatable bonds is 3. The fourth-order valence-corrected chi connectivity index (χ4v) is 1.75. The molecule has 2 rings (SSSR count). The standard InChI is InChI=1S/C11H19N/c1-11(7-8-11)9-12-10-5-3-2-4-6-10/h3,5,10,12H,2,4,6-9H2,1H3. The predicted molar refractivity (Wildman–Crippen MR) is 52.1 cm³/mol. The van der Waals surface area contributed by atoms with Crippen LogP contribution in [-0.2, 0) is 0 Å². The van der Waals surface area contributed by atoms with Crippen LogP contribution in [0.1, 0.15) is 39.0 Å². The first kappa shape index (κ1) is 8.31. The second-order valence-electron chi connectivity index (χ2n) is 4.66. The summed E-state index contributed by atoms with van der Waals surface area (Å²) in [6.45, 7) is 3.61. The smallest absolute Gasteiger partial charge is 0.0250 e. The molecule has 0 bridgehead atoms. The molecule has 1 N–H and O–H groups in total. The van der Waals surface area contributed by atoms with Gasteiger partial charge in [-0.05, 0) is 37.5 Å². The Morgan fingerprint density at radius 1 is 1.50 bits per heavy atom.